The summed E-state index contributed by atoms with van der Waals surface area (Å²) in [7, 11) is 0. The minimum atomic E-state index is 0.0144. The van der Waals surface area contributed by atoms with Crippen LogP contribution >= 0.6 is 0 Å². The lowest BCUT2D eigenvalue weighted by atomic mass is 10.2. The van der Waals surface area contributed by atoms with E-state index in [4.69, 9.17) is 10.6 Å². The Morgan fingerprint density at radius 3 is 2.94 bits per heavy atom. The topological polar surface area (TPSA) is 65.1 Å². The lowest BCUT2D eigenvalue weighted by Crippen LogP contribution is -2.33. The normalized spacial score (nSPS) is 12.9. The van der Waals surface area contributed by atoms with Crippen molar-refractivity contribution in [3.8, 4) is 0 Å². The van der Waals surface area contributed by atoms with Gasteiger partial charge in [-0.05, 0) is 18.9 Å². The maximum absolute atomic E-state index is 5.54. The van der Waals surface area contributed by atoms with Crippen molar-refractivity contribution in [3.63, 3.8) is 0 Å². The summed E-state index contributed by atoms with van der Waals surface area (Å²) in [5.74, 6) is 5.54. The Hall–Kier alpha value is -0.910. The lowest BCUT2D eigenvalue weighted by Gasteiger charge is -2.17. The zero-order valence-electron chi connectivity index (χ0n) is 10.1. The fourth-order valence-electron chi connectivity index (χ4n) is 1.60. The van der Waals surface area contributed by atoms with Crippen LogP contribution in [0.1, 0.15) is 38.4 Å². The number of aryl methyl sites for hydroxylation is 1. The zero-order chi connectivity index (χ0) is 11.8. The molecule has 16 heavy (non-hydrogen) atoms. The second-order valence-corrected chi connectivity index (χ2v) is 3.77. The van der Waals surface area contributed by atoms with Gasteiger partial charge in [0.2, 0.25) is 0 Å². The van der Waals surface area contributed by atoms with Crippen molar-refractivity contribution in [1.29, 1.82) is 0 Å². The van der Waals surface area contributed by atoms with Crippen molar-refractivity contribution in [3.05, 3.63) is 18.0 Å². The van der Waals surface area contributed by atoms with Gasteiger partial charge in [0.25, 0.3) is 0 Å². The van der Waals surface area contributed by atoms with Crippen molar-refractivity contribution in [2.24, 2.45) is 5.84 Å². The third-order valence-electron chi connectivity index (χ3n) is 2.38. The number of nitrogens with two attached hydrogens (primary N) is 1. The molecule has 1 unspecified atom stereocenters. The van der Waals surface area contributed by atoms with E-state index in [2.05, 4.69) is 24.4 Å². The maximum Gasteiger partial charge on any atom is 0.0862 e. The molecular weight excluding hydrogens is 204 g/mol. The minimum absolute atomic E-state index is 0.0144. The van der Waals surface area contributed by atoms with Crippen molar-refractivity contribution in [2.75, 3.05) is 13.2 Å². The number of hydrogen-bond acceptors (Lipinski definition) is 4. The van der Waals surface area contributed by atoms with Gasteiger partial charge in [-0.15, -0.1) is 0 Å². The number of nitrogens with zero attached hydrogens (tertiary/aromatic N) is 2. The van der Waals surface area contributed by atoms with Gasteiger partial charge in [-0.1, -0.05) is 13.8 Å². The number of hydrazine groups is 1. The molecule has 1 aromatic rings. The predicted octanol–water partition coefficient (Wildman–Crippen LogP) is 1.22. The standard InChI is InChI=1S/C11H22N4O/c1-3-7-15-11(5-6-13-15)10(14-12)9-16-8-4-2/h5-6,10,14H,3-4,7-9,12H2,1-2H3. The quantitative estimate of drug-likeness (QED) is 0.397. The third kappa shape index (κ3) is 3.59. The van der Waals surface area contributed by atoms with Crippen LogP contribution < -0.4 is 11.3 Å². The molecule has 5 nitrogen and oxygen atoms in total. The van der Waals surface area contributed by atoms with E-state index in [0.29, 0.717) is 6.61 Å². The molecule has 0 aliphatic rings. The average molecular weight is 226 g/mol. The van der Waals surface area contributed by atoms with E-state index in [1.165, 1.54) is 0 Å². The number of ether oxygens (including phenoxy) is 1. The SMILES string of the molecule is CCCOCC(NN)c1ccnn1CCC. The second kappa shape index (κ2) is 7.38. The molecule has 0 aliphatic carbocycles. The Kier molecular flexibility index (Phi) is 6.07. The van der Waals surface area contributed by atoms with E-state index in [0.717, 1.165) is 31.7 Å². The first-order valence-electron chi connectivity index (χ1n) is 5.89. The maximum atomic E-state index is 5.54. The van der Waals surface area contributed by atoms with Crippen molar-refractivity contribution >= 4 is 0 Å². The van der Waals surface area contributed by atoms with Gasteiger partial charge < -0.3 is 4.74 Å². The van der Waals surface area contributed by atoms with Gasteiger partial charge in [0.05, 0.1) is 18.3 Å². The molecule has 0 bridgehead atoms. The molecule has 0 fully saturated rings. The molecule has 92 valence electrons. The van der Waals surface area contributed by atoms with E-state index in [1.807, 2.05) is 10.7 Å². The van der Waals surface area contributed by atoms with Crippen molar-refractivity contribution in [1.82, 2.24) is 15.2 Å². The van der Waals surface area contributed by atoms with Gasteiger partial charge in [0, 0.05) is 19.3 Å². The molecule has 3 N–H and O–H groups in total. The number of nitrogens with one attached hydrogen (secondary N) is 1. The Bertz CT molecular complexity index is 287. The van der Waals surface area contributed by atoms with Crippen molar-refractivity contribution < 1.29 is 4.74 Å². The highest BCUT2D eigenvalue weighted by Crippen LogP contribution is 2.12. The molecule has 1 heterocycles. The number of hydrogen-bond donors (Lipinski definition) is 2. The van der Waals surface area contributed by atoms with Crippen LogP contribution in [0.3, 0.4) is 0 Å². The Balaban J connectivity index is 2.59. The summed E-state index contributed by atoms with van der Waals surface area (Å²) < 4.78 is 7.48. The first-order chi connectivity index (χ1) is 7.83. The summed E-state index contributed by atoms with van der Waals surface area (Å²) in [6.07, 6.45) is 3.88. The molecule has 1 aromatic heterocycles. The van der Waals surface area contributed by atoms with Crippen LogP contribution in [-0.4, -0.2) is 23.0 Å². The van der Waals surface area contributed by atoms with Gasteiger partial charge in [-0.3, -0.25) is 10.5 Å². The number of rotatable bonds is 8. The first-order valence-corrected chi connectivity index (χ1v) is 5.89. The van der Waals surface area contributed by atoms with Gasteiger partial charge in [0.15, 0.2) is 0 Å². The fraction of sp³-hybridized carbons (Fsp3) is 0.727. The first kappa shape index (κ1) is 13.2. The van der Waals surface area contributed by atoms with Crippen LogP contribution in [0.4, 0.5) is 0 Å². The van der Waals surface area contributed by atoms with E-state index in [1.54, 1.807) is 6.20 Å². The largest absolute Gasteiger partial charge is 0.379 e. The molecule has 0 radical (unpaired) electrons. The third-order valence-corrected chi connectivity index (χ3v) is 2.38. The minimum Gasteiger partial charge on any atom is -0.379 e. The van der Waals surface area contributed by atoms with Crippen LogP contribution in [-0.2, 0) is 11.3 Å². The Labute approximate surface area is 96.9 Å². The van der Waals surface area contributed by atoms with Crippen LogP contribution in [0.25, 0.3) is 0 Å². The summed E-state index contributed by atoms with van der Waals surface area (Å²) in [6.45, 7) is 6.48. The van der Waals surface area contributed by atoms with Crippen LogP contribution in [0, 0.1) is 0 Å². The number of aromatic nitrogens is 2. The van der Waals surface area contributed by atoms with Gasteiger partial charge >= 0.3 is 0 Å². The average Bonchev–Trinajstić information content (AvgIpc) is 2.73. The van der Waals surface area contributed by atoms with Crippen LogP contribution in [0.15, 0.2) is 12.3 Å². The predicted molar refractivity (Wildman–Crippen MR) is 63.7 cm³/mol. The highest BCUT2D eigenvalue weighted by atomic mass is 16.5. The summed E-state index contributed by atoms with van der Waals surface area (Å²) in [5, 5.41) is 4.27. The van der Waals surface area contributed by atoms with Crippen LogP contribution in [0.5, 0.6) is 0 Å². The van der Waals surface area contributed by atoms with Gasteiger partial charge in [0.1, 0.15) is 0 Å². The molecule has 0 spiro atoms. The highest BCUT2D eigenvalue weighted by Gasteiger charge is 2.14. The van der Waals surface area contributed by atoms with Crippen LogP contribution in [0.2, 0.25) is 0 Å². The summed E-state index contributed by atoms with van der Waals surface area (Å²) in [4.78, 5) is 0. The van der Waals surface area contributed by atoms with E-state index in [-0.39, 0.29) is 6.04 Å². The molecule has 5 heteroatoms. The second-order valence-electron chi connectivity index (χ2n) is 3.77. The molecule has 0 amide bonds. The van der Waals surface area contributed by atoms with Gasteiger partial charge in [-0.2, -0.15) is 5.10 Å². The molecule has 0 saturated carbocycles. The fourth-order valence-corrected chi connectivity index (χ4v) is 1.60. The molecule has 1 atom stereocenters. The molecule has 0 aliphatic heterocycles. The van der Waals surface area contributed by atoms with Crippen molar-refractivity contribution in [2.45, 2.75) is 39.3 Å². The summed E-state index contributed by atoms with van der Waals surface area (Å²) in [5.41, 5.74) is 3.86. The molecular formula is C11H22N4O. The Morgan fingerprint density at radius 2 is 2.31 bits per heavy atom. The smallest absolute Gasteiger partial charge is 0.0862 e. The summed E-state index contributed by atoms with van der Waals surface area (Å²) >= 11 is 0. The van der Waals surface area contributed by atoms with E-state index < -0.39 is 0 Å². The Morgan fingerprint density at radius 1 is 1.50 bits per heavy atom. The highest BCUT2D eigenvalue weighted by molar-refractivity contribution is 5.06. The van der Waals surface area contributed by atoms with E-state index in [9.17, 15) is 0 Å². The lowest BCUT2D eigenvalue weighted by molar-refractivity contribution is 0.109. The van der Waals surface area contributed by atoms with E-state index >= 15 is 0 Å². The molecule has 1 rings (SSSR count). The monoisotopic (exact) mass is 226 g/mol. The zero-order valence-corrected chi connectivity index (χ0v) is 10.1. The molecule has 0 aromatic carbocycles. The van der Waals surface area contributed by atoms with Gasteiger partial charge in [-0.25, -0.2) is 5.43 Å². The summed E-state index contributed by atoms with van der Waals surface area (Å²) in [6, 6.07) is 2.00. The molecule has 0 saturated heterocycles.